The van der Waals surface area contributed by atoms with Crippen LogP contribution in [0.25, 0.3) is 16.8 Å². The molecule has 152 valence electrons. The molecule has 0 unspecified atom stereocenters. The van der Waals surface area contributed by atoms with Crippen LogP contribution in [0.15, 0.2) is 72.9 Å². The normalized spacial score (nSPS) is 26.2. The summed E-state index contributed by atoms with van der Waals surface area (Å²) in [5.74, 6) is -1.88. The Morgan fingerprint density at radius 1 is 0.839 bits per heavy atom. The number of nitrogens with zero attached hydrogens (tertiary/aromatic N) is 2. The molecule has 31 heavy (non-hydrogen) atoms. The maximum Gasteiger partial charge on any atom is 0.240 e. The van der Waals surface area contributed by atoms with Gasteiger partial charge in [-0.15, -0.1) is 0 Å². The highest BCUT2D eigenvalue weighted by molar-refractivity contribution is 6.24. The van der Waals surface area contributed by atoms with Crippen molar-refractivity contribution in [2.75, 3.05) is 4.90 Å². The molecule has 3 heterocycles. The Hall–Kier alpha value is -3.73. The fourth-order valence-electron chi connectivity index (χ4n) is 5.59. The summed E-state index contributed by atoms with van der Waals surface area (Å²) in [5, 5.41) is 2.01. The summed E-state index contributed by atoms with van der Waals surface area (Å²) in [7, 11) is 0. The molecule has 2 amide bonds. The zero-order chi connectivity index (χ0) is 21.3. The zero-order valence-electron chi connectivity index (χ0n) is 16.9. The van der Waals surface area contributed by atoms with Gasteiger partial charge in [-0.05, 0) is 47.0 Å². The predicted molar refractivity (Wildman–Crippen MR) is 118 cm³/mol. The third-order valence-electron chi connectivity index (χ3n) is 6.87. The molecule has 0 radical (unpaired) electrons. The molecule has 2 saturated heterocycles. The van der Waals surface area contributed by atoms with Crippen molar-refractivity contribution >= 4 is 40.1 Å². The molecule has 0 spiro atoms. The molecule has 0 aliphatic carbocycles. The number of carbonyl (C=O) groups is 3. The molecular formula is C26H20N2O3. The van der Waals surface area contributed by atoms with Gasteiger partial charge in [0, 0.05) is 6.20 Å². The van der Waals surface area contributed by atoms with E-state index >= 15 is 0 Å². The molecule has 5 nitrogen and oxygen atoms in total. The van der Waals surface area contributed by atoms with E-state index in [1.165, 1.54) is 11.8 Å². The number of fused-ring (bicyclic) bond motifs is 6. The van der Waals surface area contributed by atoms with E-state index in [1.54, 1.807) is 0 Å². The van der Waals surface area contributed by atoms with Crippen LogP contribution in [0.4, 0.5) is 5.69 Å². The Labute approximate surface area is 179 Å². The molecule has 0 saturated carbocycles. The van der Waals surface area contributed by atoms with E-state index in [9.17, 15) is 14.4 Å². The third kappa shape index (κ3) is 2.40. The summed E-state index contributed by atoms with van der Waals surface area (Å²) in [6.07, 6.45) is 3.83. The van der Waals surface area contributed by atoms with Crippen molar-refractivity contribution in [2.24, 2.45) is 11.8 Å². The first-order valence-corrected chi connectivity index (χ1v) is 10.5. The van der Waals surface area contributed by atoms with E-state index < -0.39 is 17.9 Å². The molecule has 4 atom stereocenters. The average molecular weight is 408 g/mol. The summed E-state index contributed by atoms with van der Waals surface area (Å²) in [5.41, 5.74) is 2.58. The number of ketones is 1. The second-order valence-electron chi connectivity index (χ2n) is 8.49. The van der Waals surface area contributed by atoms with Crippen LogP contribution in [0.3, 0.4) is 0 Å². The summed E-state index contributed by atoms with van der Waals surface area (Å²) in [4.78, 5) is 43.2. The van der Waals surface area contributed by atoms with Gasteiger partial charge in [0.2, 0.25) is 11.8 Å². The second kappa shape index (κ2) is 6.38. The molecule has 0 aromatic heterocycles. The van der Waals surface area contributed by atoms with Crippen molar-refractivity contribution < 1.29 is 14.4 Å². The van der Waals surface area contributed by atoms with Gasteiger partial charge < -0.3 is 4.90 Å². The lowest BCUT2D eigenvalue weighted by Crippen LogP contribution is -2.43. The zero-order valence-corrected chi connectivity index (χ0v) is 16.9. The number of imide groups is 1. The average Bonchev–Trinajstić information content (AvgIpc) is 3.26. The maximum atomic E-state index is 13.7. The fourth-order valence-corrected chi connectivity index (χ4v) is 5.59. The second-order valence-corrected chi connectivity index (χ2v) is 8.49. The SMILES string of the molecule is CC(=O)[C@@H]1[C@@H]2C(=O)N(c3ccc4ccccc4c3)C(=O)[C@H]2[C@@H]2c3ccccc3C=CN12. The molecular weight excluding hydrogens is 388 g/mol. The van der Waals surface area contributed by atoms with Crippen LogP contribution in [0.1, 0.15) is 24.1 Å². The monoisotopic (exact) mass is 408 g/mol. The van der Waals surface area contributed by atoms with Gasteiger partial charge in [-0.3, -0.25) is 14.4 Å². The largest absolute Gasteiger partial charge is 0.359 e. The minimum absolute atomic E-state index is 0.0944. The van der Waals surface area contributed by atoms with Gasteiger partial charge >= 0.3 is 0 Å². The number of carbonyl (C=O) groups excluding carboxylic acids is 3. The Bertz CT molecular complexity index is 1310. The van der Waals surface area contributed by atoms with Gasteiger partial charge in [-0.25, -0.2) is 4.90 Å². The Balaban J connectivity index is 1.49. The number of hydrogen-bond donors (Lipinski definition) is 0. The highest BCUT2D eigenvalue weighted by Crippen LogP contribution is 2.53. The van der Waals surface area contributed by atoms with Gasteiger partial charge in [0.05, 0.1) is 29.6 Å². The van der Waals surface area contributed by atoms with Gasteiger partial charge in [-0.2, -0.15) is 0 Å². The first kappa shape index (κ1) is 18.1. The number of rotatable bonds is 2. The molecule has 0 N–H and O–H groups in total. The third-order valence-corrected chi connectivity index (χ3v) is 6.87. The van der Waals surface area contributed by atoms with Crippen molar-refractivity contribution in [1.29, 1.82) is 0 Å². The van der Waals surface area contributed by atoms with E-state index in [2.05, 4.69) is 0 Å². The maximum absolute atomic E-state index is 13.7. The van der Waals surface area contributed by atoms with Crippen molar-refractivity contribution in [3.8, 4) is 0 Å². The van der Waals surface area contributed by atoms with Gasteiger partial charge in [0.15, 0.2) is 5.78 Å². The summed E-state index contributed by atoms with van der Waals surface area (Å²) in [6.45, 7) is 1.51. The van der Waals surface area contributed by atoms with Crippen LogP contribution in [0, 0.1) is 11.8 Å². The lowest BCUT2D eigenvalue weighted by molar-refractivity contribution is -0.129. The Morgan fingerprint density at radius 2 is 1.55 bits per heavy atom. The molecule has 3 aromatic rings. The van der Waals surface area contributed by atoms with Crippen LogP contribution in [-0.2, 0) is 14.4 Å². The first-order valence-electron chi connectivity index (χ1n) is 10.5. The molecule has 5 heteroatoms. The Morgan fingerprint density at radius 3 is 2.35 bits per heavy atom. The van der Waals surface area contributed by atoms with Crippen LogP contribution in [0.2, 0.25) is 0 Å². The molecule has 6 rings (SSSR count). The van der Waals surface area contributed by atoms with Crippen LogP contribution in [0.5, 0.6) is 0 Å². The quantitative estimate of drug-likeness (QED) is 0.603. The molecule has 2 fully saturated rings. The predicted octanol–water partition coefficient (Wildman–Crippen LogP) is 3.94. The van der Waals surface area contributed by atoms with Crippen molar-refractivity contribution in [3.63, 3.8) is 0 Å². The molecule has 3 aliphatic heterocycles. The number of amides is 2. The topological polar surface area (TPSA) is 57.7 Å². The van der Waals surface area contributed by atoms with E-state index in [4.69, 9.17) is 0 Å². The molecule has 3 aliphatic rings. The standard InChI is InChI=1S/C26H20N2O3/c1-15(29)23-21-22(24-20-9-5-4-7-17(20)12-13-27(23)24)26(31)28(25(21)30)19-11-10-16-6-2-3-8-18(16)14-19/h2-14,21-24H,1H3/t21-,22-,23-,24+/m1/s1. The van der Waals surface area contributed by atoms with E-state index in [0.717, 1.165) is 21.9 Å². The van der Waals surface area contributed by atoms with Crippen molar-refractivity contribution in [1.82, 2.24) is 4.90 Å². The fraction of sp³-hybridized carbons (Fsp3) is 0.192. The molecule has 0 bridgehead atoms. The summed E-state index contributed by atoms with van der Waals surface area (Å²) < 4.78 is 0. The number of benzene rings is 3. The number of Topliss-reactive ketones (excluding diaryl/α,β-unsaturated/α-hetero) is 1. The van der Waals surface area contributed by atoms with Gasteiger partial charge in [0.25, 0.3) is 0 Å². The van der Waals surface area contributed by atoms with Crippen molar-refractivity contribution in [2.45, 2.75) is 19.0 Å². The summed E-state index contributed by atoms with van der Waals surface area (Å²) >= 11 is 0. The summed E-state index contributed by atoms with van der Waals surface area (Å²) in [6, 6.07) is 20.4. The van der Waals surface area contributed by atoms with E-state index in [0.29, 0.717) is 5.69 Å². The minimum atomic E-state index is -0.683. The number of anilines is 1. The van der Waals surface area contributed by atoms with E-state index in [1.807, 2.05) is 83.9 Å². The van der Waals surface area contributed by atoms with Crippen LogP contribution < -0.4 is 4.90 Å². The minimum Gasteiger partial charge on any atom is -0.359 e. The van der Waals surface area contributed by atoms with E-state index in [-0.39, 0.29) is 23.6 Å². The highest BCUT2D eigenvalue weighted by Gasteiger charge is 2.63. The van der Waals surface area contributed by atoms with Crippen LogP contribution >= 0.6 is 0 Å². The van der Waals surface area contributed by atoms with Crippen LogP contribution in [-0.4, -0.2) is 28.5 Å². The first-order chi connectivity index (χ1) is 15.1. The van der Waals surface area contributed by atoms with Crippen molar-refractivity contribution in [3.05, 3.63) is 84.1 Å². The highest BCUT2D eigenvalue weighted by atomic mass is 16.2. The van der Waals surface area contributed by atoms with Gasteiger partial charge in [-0.1, -0.05) is 54.6 Å². The molecule has 3 aromatic carbocycles. The van der Waals surface area contributed by atoms with Gasteiger partial charge in [0.1, 0.15) is 0 Å². The lowest BCUT2D eigenvalue weighted by atomic mass is 9.84. The Kier molecular flexibility index (Phi) is 3.72. The lowest BCUT2D eigenvalue weighted by Gasteiger charge is -2.35. The smallest absolute Gasteiger partial charge is 0.240 e. The number of hydrogen-bond acceptors (Lipinski definition) is 4.